The van der Waals surface area contributed by atoms with Gasteiger partial charge in [0.05, 0.1) is 10.8 Å². The SMILES string of the molecule is C[C@H]1CCC2C(OC(=O)C23CCCCC3)[C@]2(C)C(=O)C=C[C@@]12O. The van der Waals surface area contributed by atoms with Gasteiger partial charge in [-0.05, 0) is 50.7 Å². The number of ketones is 1. The second-order valence-corrected chi connectivity index (χ2v) is 8.35. The molecule has 0 aromatic rings. The number of rotatable bonds is 0. The normalized spacial score (nSPS) is 48.0. The zero-order valence-corrected chi connectivity index (χ0v) is 14.0. The first-order valence-corrected chi connectivity index (χ1v) is 9.03. The molecule has 0 radical (unpaired) electrons. The van der Waals surface area contributed by atoms with Crippen molar-refractivity contribution in [3.8, 4) is 0 Å². The van der Waals surface area contributed by atoms with Crippen molar-refractivity contribution < 1.29 is 19.4 Å². The van der Waals surface area contributed by atoms with Crippen LogP contribution in [-0.4, -0.2) is 28.6 Å². The van der Waals surface area contributed by atoms with E-state index in [1.54, 1.807) is 6.08 Å². The van der Waals surface area contributed by atoms with E-state index in [-0.39, 0.29) is 23.6 Å². The Kier molecular flexibility index (Phi) is 3.13. The third kappa shape index (κ3) is 1.66. The van der Waals surface area contributed by atoms with Crippen LogP contribution in [0.25, 0.3) is 0 Å². The highest BCUT2D eigenvalue weighted by atomic mass is 16.6. The van der Waals surface area contributed by atoms with Crippen LogP contribution in [0.1, 0.15) is 58.8 Å². The van der Waals surface area contributed by atoms with Gasteiger partial charge >= 0.3 is 5.97 Å². The average Bonchev–Trinajstić information content (AvgIpc) is 2.91. The molecule has 0 bridgehead atoms. The van der Waals surface area contributed by atoms with E-state index in [2.05, 4.69) is 0 Å². The number of esters is 1. The van der Waals surface area contributed by atoms with Gasteiger partial charge in [-0.3, -0.25) is 9.59 Å². The first-order valence-electron chi connectivity index (χ1n) is 9.03. The van der Waals surface area contributed by atoms with Crippen molar-refractivity contribution in [2.45, 2.75) is 70.5 Å². The van der Waals surface area contributed by atoms with Crippen molar-refractivity contribution in [3.05, 3.63) is 12.2 Å². The summed E-state index contributed by atoms with van der Waals surface area (Å²) in [6.45, 7) is 3.82. The van der Waals surface area contributed by atoms with Crippen molar-refractivity contribution in [2.75, 3.05) is 0 Å². The first-order chi connectivity index (χ1) is 10.9. The van der Waals surface area contributed by atoms with Crippen molar-refractivity contribution in [1.29, 1.82) is 0 Å². The Morgan fingerprint density at radius 2 is 1.87 bits per heavy atom. The van der Waals surface area contributed by atoms with Crippen LogP contribution < -0.4 is 0 Å². The Labute approximate surface area is 137 Å². The van der Waals surface area contributed by atoms with E-state index in [4.69, 9.17) is 4.74 Å². The molecule has 2 saturated carbocycles. The molecule has 4 aliphatic rings. The molecule has 1 heterocycles. The third-order valence-electron chi connectivity index (χ3n) is 7.53. The zero-order valence-electron chi connectivity index (χ0n) is 14.0. The number of ether oxygens (including phenoxy) is 1. The summed E-state index contributed by atoms with van der Waals surface area (Å²) >= 11 is 0. The molecule has 1 aliphatic heterocycles. The molecule has 4 nitrogen and oxygen atoms in total. The fraction of sp³-hybridized carbons (Fsp3) is 0.789. The van der Waals surface area contributed by atoms with E-state index in [1.807, 2.05) is 13.8 Å². The van der Waals surface area contributed by atoms with Crippen LogP contribution >= 0.6 is 0 Å². The van der Waals surface area contributed by atoms with Crippen LogP contribution in [0, 0.1) is 22.7 Å². The minimum absolute atomic E-state index is 0.0138. The number of carbonyl (C=O) groups is 2. The molecule has 1 N–H and O–H groups in total. The van der Waals surface area contributed by atoms with Crippen LogP contribution in [0.5, 0.6) is 0 Å². The number of carbonyl (C=O) groups excluding carboxylic acids is 2. The van der Waals surface area contributed by atoms with Crippen molar-refractivity contribution >= 4 is 11.8 Å². The van der Waals surface area contributed by atoms with Crippen molar-refractivity contribution in [3.63, 3.8) is 0 Å². The molecule has 0 amide bonds. The van der Waals surface area contributed by atoms with E-state index >= 15 is 0 Å². The van der Waals surface area contributed by atoms with E-state index in [1.165, 1.54) is 12.5 Å². The summed E-state index contributed by atoms with van der Waals surface area (Å²) in [7, 11) is 0. The highest BCUT2D eigenvalue weighted by Crippen LogP contribution is 2.62. The molecule has 3 fully saturated rings. The molecule has 4 heteroatoms. The number of allylic oxidation sites excluding steroid dienone is 1. The van der Waals surface area contributed by atoms with Gasteiger partial charge in [-0.25, -0.2) is 0 Å². The van der Waals surface area contributed by atoms with E-state index < -0.39 is 22.5 Å². The fourth-order valence-corrected chi connectivity index (χ4v) is 5.90. The third-order valence-corrected chi connectivity index (χ3v) is 7.53. The maximum atomic E-state index is 12.8. The predicted octanol–water partition coefficient (Wildman–Crippen LogP) is 2.78. The molecule has 1 saturated heterocycles. The highest BCUT2D eigenvalue weighted by Gasteiger charge is 2.70. The molecule has 3 aliphatic carbocycles. The molecule has 23 heavy (non-hydrogen) atoms. The van der Waals surface area contributed by atoms with Crippen LogP contribution in [0.2, 0.25) is 0 Å². The number of hydrogen-bond donors (Lipinski definition) is 1. The van der Waals surface area contributed by atoms with Gasteiger partial charge in [-0.2, -0.15) is 0 Å². The summed E-state index contributed by atoms with van der Waals surface area (Å²) in [4.78, 5) is 25.5. The van der Waals surface area contributed by atoms with Crippen LogP contribution in [-0.2, 0) is 14.3 Å². The summed E-state index contributed by atoms with van der Waals surface area (Å²) < 4.78 is 5.88. The summed E-state index contributed by atoms with van der Waals surface area (Å²) in [6.07, 6.45) is 9.37. The maximum Gasteiger partial charge on any atom is 0.312 e. The molecule has 4 rings (SSSR count). The quantitative estimate of drug-likeness (QED) is 0.698. The predicted molar refractivity (Wildman–Crippen MR) is 84.5 cm³/mol. The first kappa shape index (κ1) is 15.4. The lowest BCUT2D eigenvalue weighted by molar-refractivity contribution is -0.167. The molecule has 1 spiro atoms. The Morgan fingerprint density at radius 1 is 1.17 bits per heavy atom. The van der Waals surface area contributed by atoms with Gasteiger partial charge < -0.3 is 9.84 Å². The molecular formula is C19H26O4. The monoisotopic (exact) mass is 318 g/mol. The Balaban J connectivity index is 1.82. The van der Waals surface area contributed by atoms with Gasteiger partial charge in [-0.15, -0.1) is 0 Å². The van der Waals surface area contributed by atoms with Gasteiger partial charge in [-0.1, -0.05) is 26.2 Å². The Bertz CT molecular complexity index is 588. The second-order valence-electron chi connectivity index (χ2n) is 8.35. The summed E-state index contributed by atoms with van der Waals surface area (Å²) in [5.74, 6) is -0.171. The lowest BCUT2D eigenvalue weighted by Gasteiger charge is -2.44. The molecule has 0 aromatic carbocycles. The average molecular weight is 318 g/mol. The topological polar surface area (TPSA) is 63.6 Å². The van der Waals surface area contributed by atoms with Crippen LogP contribution in [0.3, 0.4) is 0 Å². The lowest BCUT2D eigenvalue weighted by atomic mass is 9.59. The Hall–Kier alpha value is -1.16. The molecule has 126 valence electrons. The lowest BCUT2D eigenvalue weighted by Crippen LogP contribution is -2.57. The minimum atomic E-state index is -1.20. The van der Waals surface area contributed by atoms with Gasteiger partial charge in [0.25, 0.3) is 0 Å². The molecular weight excluding hydrogens is 292 g/mol. The van der Waals surface area contributed by atoms with Gasteiger partial charge in [0.15, 0.2) is 5.78 Å². The fourth-order valence-electron chi connectivity index (χ4n) is 5.90. The number of fused-ring (bicyclic) bond motifs is 4. The standard InChI is InChI=1S/C19H26O4/c1-12-6-7-13-15(17(2)14(20)8-11-19(12,17)22)23-16(21)18(13)9-4-3-5-10-18/h8,11-13,15,22H,3-7,9-10H2,1-2H3/t12-,13?,15?,17-,19+/m0/s1. The minimum Gasteiger partial charge on any atom is -0.460 e. The molecule has 2 unspecified atom stereocenters. The summed E-state index contributed by atoms with van der Waals surface area (Å²) in [5.41, 5.74) is -2.66. The van der Waals surface area contributed by atoms with E-state index in [0.717, 1.165) is 38.5 Å². The number of hydrogen-bond acceptors (Lipinski definition) is 4. The number of aliphatic hydroxyl groups is 1. The second kappa shape index (κ2) is 4.69. The Morgan fingerprint density at radius 3 is 2.57 bits per heavy atom. The van der Waals surface area contributed by atoms with E-state index in [0.29, 0.717) is 0 Å². The smallest absolute Gasteiger partial charge is 0.312 e. The largest absolute Gasteiger partial charge is 0.460 e. The van der Waals surface area contributed by atoms with Gasteiger partial charge in [0.1, 0.15) is 11.7 Å². The van der Waals surface area contributed by atoms with Gasteiger partial charge in [0, 0.05) is 5.92 Å². The summed E-state index contributed by atoms with van der Waals surface area (Å²) in [6, 6.07) is 0. The van der Waals surface area contributed by atoms with Gasteiger partial charge in [0.2, 0.25) is 0 Å². The molecule has 0 aromatic heterocycles. The zero-order chi connectivity index (χ0) is 16.5. The van der Waals surface area contributed by atoms with Crippen molar-refractivity contribution in [1.82, 2.24) is 0 Å². The highest BCUT2D eigenvalue weighted by molar-refractivity contribution is 6.00. The van der Waals surface area contributed by atoms with Crippen LogP contribution in [0.15, 0.2) is 12.2 Å². The maximum absolute atomic E-state index is 12.8. The van der Waals surface area contributed by atoms with E-state index in [9.17, 15) is 14.7 Å². The van der Waals surface area contributed by atoms with Crippen LogP contribution in [0.4, 0.5) is 0 Å². The summed E-state index contributed by atoms with van der Waals surface area (Å²) in [5, 5.41) is 11.3. The van der Waals surface area contributed by atoms with Crippen molar-refractivity contribution in [2.24, 2.45) is 22.7 Å². The molecule has 5 atom stereocenters.